The molecule has 44 heavy (non-hydrogen) atoms. The van der Waals surface area contributed by atoms with Crippen molar-refractivity contribution in [3.63, 3.8) is 0 Å². The summed E-state index contributed by atoms with van der Waals surface area (Å²) in [7, 11) is -4.88. The summed E-state index contributed by atoms with van der Waals surface area (Å²) >= 11 is 0. The van der Waals surface area contributed by atoms with E-state index in [1.807, 2.05) is 0 Å². The topological polar surface area (TPSA) is 115 Å². The summed E-state index contributed by atoms with van der Waals surface area (Å²) in [5.41, 5.74) is -0.377. The smallest absolute Gasteiger partial charge is 0.395 e. The number of anilines is 2. The van der Waals surface area contributed by atoms with E-state index in [0.29, 0.717) is 19.9 Å². The van der Waals surface area contributed by atoms with Gasteiger partial charge in [-0.05, 0) is 72.8 Å². The molecule has 0 saturated heterocycles. The van der Waals surface area contributed by atoms with Crippen LogP contribution in [0.5, 0.6) is 11.5 Å². The molecule has 0 aliphatic carbocycles. The monoisotopic (exact) mass is 635 g/mol. The third kappa shape index (κ3) is 7.86. The summed E-state index contributed by atoms with van der Waals surface area (Å²) in [5.74, 6) is -4.39. The molecule has 0 saturated carbocycles. The molecule has 1 N–H and O–H groups in total. The van der Waals surface area contributed by atoms with Crippen LogP contribution in [0.1, 0.15) is 34.6 Å². The fourth-order valence-corrected chi connectivity index (χ4v) is 5.17. The molecule has 0 atom stereocenters. The second-order valence-electron chi connectivity index (χ2n) is 9.25. The summed E-state index contributed by atoms with van der Waals surface area (Å²) < 4.78 is 105. The Morgan fingerprint density at radius 3 is 2.00 bits per heavy atom. The quantitative estimate of drug-likeness (QED) is 0.198. The SMILES string of the molecule is CC(F)(F)Oc1ccc(N(C(=O)c2ccc(NC(=O)c3cccnc3)cc2)S(=O)(=O)c2ccc(F)cc2)cc1OC(C)(F)F. The standard InChI is InChI=1S/C29H22F5N3O6S/c1-28(31,32)42-24-14-11-22(16-25(24)43-29(2,33)34)37(44(40,41)23-12-7-20(30)8-13-23)27(39)18-5-9-21(10-6-18)36-26(38)19-4-3-15-35-17-19/h3-17H,1-2H3,(H,36,38). The fraction of sp³-hybridized carbons (Fsp3) is 0.138. The largest absolute Gasteiger partial charge is 0.429 e. The Morgan fingerprint density at radius 2 is 1.43 bits per heavy atom. The number of carbonyl (C=O) groups excluding carboxylic acids is 2. The van der Waals surface area contributed by atoms with Crippen molar-refractivity contribution >= 4 is 33.2 Å². The lowest BCUT2D eigenvalue weighted by atomic mass is 10.1. The summed E-state index contributed by atoms with van der Waals surface area (Å²) in [5, 5.41) is 2.58. The summed E-state index contributed by atoms with van der Waals surface area (Å²) in [4.78, 5) is 29.5. The van der Waals surface area contributed by atoms with E-state index in [-0.39, 0.29) is 21.1 Å². The van der Waals surface area contributed by atoms with Gasteiger partial charge in [0.25, 0.3) is 21.8 Å². The first-order valence-corrected chi connectivity index (χ1v) is 13.9. The average molecular weight is 636 g/mol. The van der Waals surface area contributed by atoms with Crippen molar-refractivity contribution in [1.82, 2.24) is 4.98 Å². The number of rotatable bonds is 10. The van der Waals surface area contributed by atoms with Gasteiger partial charge in [-0.25, -0.2) is 12.8 Å². The van der Waals surface area contributed by atoms with Crippen molar-refractivity contribution in [2.75, 3.05) is 9.62 Å². The number of nitrogens with zero attached hydrogens (tertiary/aromatic N) is 2. The molecule has 2 amide bonds. The number of carbonyl (C=O) groups is 2. The first-order valence-electron chi connectivity index (χ1n) is 12.5. The van der Waals surface area contributed by atoms with E-state index in [1.165, 1.54) is 42.7 Å². The van der Waals surface area contributed by atoms with Crippen LogP contribution in [0.15, 0.2) is 96.2 Å². The maximum absolute atomic E-state index is 13.8. The van der Waals surface area contributed by atoms with Crippen molar-refractivity contribution in [2.24, 2.45) is 0 Å². The van der Waals surface area contributed by atoms with Gasteiger partial charge in [-0.1, -0.05) is 0 Å². The third-order valence-corrected chi connectivity index (χ3v) is 7.32. The highest BCUT2D eigenvalue weighted by molar-refractivity contribution is 7.93. The van der Waals surface area contributed by atoms with E-state index in [9.17, 15) is 40.0 Å². The molecule has 4 aromatic rings. The third-order valence-electron chi connectivity index (χ3n) is 5.59. The normalized spacial score (nSPS) is 11.9. The van der Waals surface area contributed by atoms with E-state index in [0.717, 1.165) is 36.4 Å². The number of sulfonamides is 1. The highest BCUT2D eigenvalue weighted by Crippen LogP contribution is 2.39. The van der Waals surface area contributed by atoms with E-state index < -0.39 is 62.0 Å². The number of ether oxygens (including phenoxy) is 2. The Morgan fingerprint density at radius 1 is 0.818 bits per heavy atom. The lowest BCUT2D eigenvalue weighted by Gasteiger charge is -2.25. The number of hydrogen-bond acceptors (Lipinski definition) is 7. The Balaban J connectivity index is 1.77. The van der Waals surface area contributed by atoms with Gasteiger partial charge in [0.05, 0.1) is 16.1 Å². The second kappa shape index (κ2) is 12.3. The number of nitrogens with one attached hydrogen (secondary N) is 1. The predicted molar refractivity (Wildman–Crippen MR) is 148 cm³/mol. The maximum atomic E-state index is 13.8. The van der Waals surface area contributed by atoms with Crippen molar-refractivity contribution in [3.8, 4) is 11.5 Å². The van der Waals surface area contributed by atoms with E-state index in [4.69, 9.17) is 0 Å². The zero-order valence-corrected chi connectivity index (χ0v) is 23.6. The molecule has 4 rings (SSSR count). The van der Waals surface area contributed by atoms with Gasteiger partial charge in [0.15, 0.2) is 11.5 Å². The lowest BCUT2D eigenvalue weighted by molar-refractivity contribution is -0.175. The number of aromatic nitrogens is 1. The molecule has 0 bridgehead atoms. The van der Waals surface area contributed by atoms with Crippen LogP contribution in [-0.2, 0) is 10.0 Å². The number of benzene rings is 3. The zero-order valence-electron chi connectivity index (χ0n) is 22.8. The van der Waals surface area contributed by atoms with Crippen molar-refractivity contribution < 1.29 is 49.4 Å². The number of halogens is 5. The first-order chi connectivity index (χ1) is 20.5. The predicted octanol–water partition coefficient (Wildman–Crippen LogP) is 6.49. The van der Waals surface area contributed by atoms with Crippen molar-refractivity contribution in [2.45, 2.75) is 31.0 Å². The number of amides is 2. The number of alkyl halides is 4. The van der Waals surface area contributed by atoms with E-state index in [1.54, 1.807) is 6.07 Å². The average Bonchev–Trinajstić information content (AvgIpc) is 2.94. The molecule has 3 aromatic carbocycles. The fourth-order valence-electron chi connectivity index (χ4n) is 3.76. The maximum Gasteiger partial charge on any atom is 0.395 e. The van der Waals surface area contributed by atoms with Crippen LogP contribution in [0.2, 0.25) is 0 Å². The minimum absolute atomic E-state index is 0.206. The van der Waals surface area contributed by atoms with Gasteiger partial charge in [-0.2, -0.15) is 21.9 Å². The first kappa shape index (κ1) is 31.9. The van der Waals surface area contributed by atoms with Crippen molar-refractivity contribution in [1.29, 1.82) is 0 Å². The molecule has 0 radical (unpaired) electrons. The van der Waals surface area contributed by atoms with Gasteiger partial charge in [0, 0.05) is 43.6 Å². The highest BCUT2D eigenvalue weighted by Gasteiger charge is 2.35. The van der Waals surface area contributed by atoms with Crippen LogP contribution >= 0.6 is 0 Å². The molecule has 0 spiro atoms. The van der Waals surface area contributed by atoms with Crippen LogP contribution in [-0.4, -0.2) is 37.4 Å². The van der Waals surface area contributed by atoms with Gasteiger partial charge in [0.1, 0.15) is 5.82 Å². The number of hydrogen-bond donors (Lipinski definition) is 1. The Kier molecular flexibility index (Phi) is 8.90. The number of pyridine rings is 1. The molecule has 0 aliphatic rings. The Bertz CT molecular complexity index is 1760. The molecular formula is C29H22F5N3O6S. The molecule has 1 aromatic heterocycles. The molecule has 1 heterocycles. The molecular weight excluding hydrogens is 613 g/mol. The van der Waals surface area contributed by atoms with Crippen LogP contribution in [0, 0.1) is 5.82 Å². The molecule has 15 heteroatoms. The lowest BCUT2D eigenvalue weighted by Crippen LogP contribution is -2.37. The van der Waals surface area contributed by atoms with Gasteiger partial charge in [0.2, 0.25) is 0 Å². The molecule has 0 fully saturated rings. The van der Waals surface area contributed by atoms with Gasteiger partial charge < -0.3 is 14.8 Å². The minimum Gasteiger partial charge on any atom is -0.429 e. The highest BCUT2D eigenvalue weighted by atomic mass is 32.2. The second-order valence-corrected chi connectivity index (χ2v) is 11.0. The van der Waals surface area contributed by atoms with Gasteiger partial charge >= 0.3 is 12.2 Å². The Labute approximate surface area is 247 Å². The van der Waals surface area contributed by atoms with Crippen LogP contribution in [0.4, 0.5) is 33.3 Å². The summed E-state index contributed by atoms with van der Waals surface area (Å²) in [6.07, 6.45) is -4.96. The zero-order chi connectivity index (χ0) is 32.3. The Hall–Kier alpha value is -5.05. The van der Waals surface area contributed by atoms with Crippen LogP contribution < -0.4 is 19.1 Å². The van der Waals surface area contributed by atoms with Crippen molar-refractivity contribution in [3.05, 3.63) is 108 Å². The van der Waals surface area contributed by atoms with Crippen LogP contribution in [0.25, 0.3) is 0 Å². The van der Waals surface area contributed by atoms with Gasteiger partial charge in [-0.3, -0.25) is 14.6 Å². The van der Waals surface area contributed by atoms with Crippen LogP contribution in [0.3, 0.4) is 0 Å². The summed E-state index contributed by atoms with van der Waals surface area (Å²) in [6.45, 7) is 0.646. The molecule has 230 valence electrons. The van der Waals surface area contributed by atoms with E-state index >= 15 is 0 Å². The van der Waals surface area contributed by atoms with E-state index in [2.05, 4.69) is 19.8 Å². The molecule has 9 nitrogen and oxygen atoms in total. The summed E-state index contributed by atoms with van der Waals surface area (Å²) in [6, 6.07) is 13.6. The minimum atomic E-state index is -4.88. The molecule has 0 aliphatic heterocycles. The van der Waals surface area contributed by atoms with Gasteiger partial charge in [-0.15, -0.1) is 0 Å². The molecule has 0 unspecified atom stereocenters.